The lowest BCUT2D eigenvalue weighted by molar-refractivity contribution is 0.199. The third-order valence-electron chi connectivity index (χ3n) is 4.02. The zero-order valence-corrected chi connectivity index (χ0v) is 11.4. The molecule has 1 unspecified atom stereocenters. The predicted octanol–water partition coefficient (Wildman–Crippen LogP) is 3.36. The molecule has 3 rings (SSSR count). The maximum atomic E-state index is 5.02. The van der Waals surface area contributed by atoms with Gasteiger partial charge in [0.1, 0.15) is 6.26 Å². The molecule has 0 radical (unpaired) electrons. The molecule has 1 aromatic heterocycles. The molecular weight excluding hydrogens is 236 g/mol. The van der Waals surface area contributed by atoms with E-state index in [4.69, 9.17) is 4.52 Å². The van der Waals surface area contributed by atoms with Gasteiger partial charge in [-0.25, -0.2) is 0 Å². The molecule has 19 heavy (non-hydrogen) atoms. The van der Waals surface area contributed by atoms with Gasteiger partial charge in [0.2, 0.25) is 0 Å². The molecule has 1 aliphatic rings. The predicted molar refractivity (Wildman–Crippen MR) is 74.9 cm³/mol. The van der Waals surface area contributed by atoms with E-state index in [0.29, 0.717) is 5.92 Å². The van der Waals surface area contributed by atoms with Gasteiger partial charge in [-0.2, -0.15) is 0 Å². The van der Waals surface area contributed by atoms with Gasteiger partial charge in [-0.15, -0.1) is 0 Å². The van der Waals surface area contributed by atoms with Crippen LogP contribution in [-0.2, 0) is 6.54 Å². The fourth-order valence-corrected chi connectivity index (χ4v) is 2.90. The number of nitrogens with zero attached hydrogens (tertiary/aromatic N) is 2. The SMILES string of the molecule is Cc1nocc1CN1CCCC(c2ccccc2)C1. The zero-order chi connectivity index (χ0) is 13.1. The van der Waals surface area contributed by atoms with Gasteiger partial charge in [-0.05, 0) is 37.8 Å². The first-order valence-electron chi connectivity index (χ1n) is 7.00. The van der Waals surface area contributed by atoms with Crippen molar-refractivity contribution >= 4 is 0 Å². The van der Waals surface area contributed by atoms with Gasteiger partial charge in [-0.1, -0.05) is 35.5 Å². The number of aromatic nitrogens is 1. The van der Waals surface area contributed by atoms with E-state index in [1.54, 1.807) is 6.26 Å². The third kappa shape index (κ3) is 2.87. The summed E-state index contributed by atoms with van der Waals surface area (Å²) in [7, 11) is 0. The van der Waals surface area contributed by atoms with E-state index in [0.717, 1.165) is 18.8 Å². The first kappa shape index (κ1) is 12.4. The van der Waals surface area contributed by atoms with E-state index >= 15 is 0 Å². The maximum Gasteiger partial charge on any atom is 0.128 e. The summed E-state index contributed by atoms with van der Waals surface area (Å²) in [5.41, 5.74) is 3.70. The van der Waals surface area contributed by atoms with E-state index in [-0.39, 0.29) is 0 Å². The summed E-state index contributed by atoms with van der Waals surface area (Å²) in [5, 5.41) is 3.96. The van der Waals surface area contributed by atoms with Crippen molar-refractivity contribution in [1.82, 2.24) is 10.1 Å². The summed E-state index contributed by atoms with van der Waals surface area (Å²) in [4.78, 5) is 2.51. The van der Waals surface area contributed by atoms with Crippen LogP contribution in [0.1, 0.15) is 35.6 Å². The van der Waals surface area contributed by atoms with E-state index in [1.165, 1.54) is 30.5 Å². The lowest BCUT2D eigenvalue weighted by Gasteiger charge is -2.32. The highest BCUT2D eigenvalue weighted by Gasteiger charge is 2.22. The van der Waals surface area contributed by atoms with Crippen molar-refractivity contribution in [1.29, 1.82) is 0 Å². The highest BCUT2D eigenvalue weighted by molar-refractivity contribution is 5.21. The number of benzene rings is 1. The summed E-state index contributed by atoms with van der Waals surface area (Å²) in [6.07, 6.45) is 4.34. The van der Waals surface area contributed by atoms with Gasteiger partial charge in [-0.3, -0.25) is 4.90 Å². The lowest BCUT2D eigenvalue weighted by Crippen LogP contribution is -2.33. The number of rotatable bonds is 3. The van der Waals surface area contributed by atoms with Crippen LogP contribution in [0.5, 0.6) is 0 Å². The number of hydrogen-bond acceptors (Lipinski definition) is 3. The average Bonchev–Trinajstić information content (AvgIpc) is 2.86. The Kier molecular flexibility index (Phi) is 3.65. The van der Waals surface area contributed by atoms with Gasteiger partial charge in [0.25, 0.3) is 0 Å². The summed E-state index contributed by atoms with van der Waals surface area (Å²) < 4.78 is 5.02. The van der Waals surface area contributed by atoms with Gasteiger partial charge in [0.05, 0.1) is 5.69 Å². The number of likely N-dealkylation sites (tertiary alicyclic amines) is 1. The maximum absolute atomic E-state index is 5.02. The minimum absolute atomic E-state index is 0.662. The van der Waals surface area contributed by atoms with Crippen molar-refractivity contribution in [3.05, 3.63) is 53.4 Å². The summed E-state index contributed by atoms with van der Waals surface area (Å²) >= 11 is 0. The first-order chi connectivity index (χ1) is 9.33. The molecule has 100 valence electrons. The molecular formula is C16H20N2O. The van der Waals surface area contributed by atoms with Crippen LogP contribution in [0.15, 0.2) is 41.1 Å². The number of piperidine rings is 1. The van der Waals surface area contributed by atoms with Crippen LogP contribution in [0.25, 0.3) is 0 Å². The molecule has 1 fully saturated rings. The minimum Gasteiger partial charge on any atom is -0.364 e. The summed E-state index contributed by atoms with van der Waals surface area (Å²) in [6, 6.07) is 10.9. The molecule has 0 saturated carbocycles. The van der Waals surface area contributed by atoms with Crippen LogP contribution in [0.2, 0.25) is 0 Å². The Hall–Kier alpha value is -1.61. The molecule has 1 aliphatic heterocycles. The van der Waals surface area contributed by atoms with E-state index in [2.05, 4.69) is 40.4 Å². The molecule has 0 amide bonds. The number of hydrogen-bond donors (Lipinski definition) is 0. The van der Waals surface area contributed by atoms with Crippen LogP contribution in [0, 0.1) is 6.92 Å². The van der Waals surface area contributed by atoms with Crippen molar-refractivity contribution in [2.45, 2.75) is 32.2 Å². The van der Waals surface area contributed by atoms with E-state index < -0.39 is 0 Å². The van der Waals surface area contributed by atoms with Crippen molar-refractivity contribution in [2.75, 3.05) is 13.1 Å². The molecule has 0 N–H and O–H groups in total. The second kappa shape index (κ2) is 5.57. The van der Waals surface area contributed by atoms with Gasteiger partial charge in [0.15, 0.2) is 0 Å². The second-order valence-electron chi connectivity index (χ2n) is 5.41. The largest absolute Gasteiger partial charge is 0.364 e. The molecule has 0 bridgehead atoms. The highest BCUT2D eigenvalue weighted by atomic mass is 16.5. The molecule has 2 aromatic rings. The Labute approximate surface area is 114 Å². The van der Waals surface area contributed by atoms with Gasteiger partial charge >= 0.3 is 0 Å². The molecule has 1 saturated heterocycles. The molecule has 1 aromatic carbocycles. The smallest absolute Gasteiger partial charge is 0.128 e. The van der Waals surface area contributed by atoms with Gasteiger partial charge < -0.3 is 4.52 Å². The van der Waals surface area contributed by atoms with Crippen LogP contribution in [0.3, 0.4) is 0 Å². The lowest BCUT2D eigenvalue weighted by atomic mass is 9.90. The van der Waals surface area contributed by atoms with Crippen LogP contribution in [0.4, 0.5) is 0 Å². The number of aryl methyl sites for hydroxylation is 1. The summed E-state index contributed by atoms with van der Waals surface area (Å²) in [5.74, 6) is 0.662. The molecule has 2 heterocycles. The molecule has 0 aliphatic carbocycles. The van der Waals surface area contributed by atoms with Crippen LogP contribution in [-0.4, -0.2) is 23.1 Å². The molecule has 3 heteroatoms. The second-order valence-corrected chi connectivity index (χ2v) is 5.41. The Morgan fingerprint density at radius 1 is 1.32 bits per heavy atom. The fraction of sp³-hybridized carbons (Fsp3) is 0.438. The Bertz CT molecular complexity index is 521. The van der Waals surface area contributed by atoms with Gasteiger partial charge in [0, 0.05) is 18.7 Å². The van der Waals surface area contributed by atoms with Crippen molar-refractivity contribution in [2.24, 2.45) is 0 Å². The van der Waals surface area contributed by atoms with Crippen molar-refractivity contribution in [3.8, 4) is 0 Å². The molecule has 1 atom stereocenters. The van der Waals surface area contributed by atoms with Crippen LogP contribution >= 0.6 is 0 Å². The average molecular weight is 256 g/mol. The normalized spacial score (nSPS) is 20.6. The molecule has 0 spiro atoms. The monoisotopic (exact) mass is 256 g/mol. The quantitative estimate of drug-likeness (QED) is 0.843. The Balaban J connectivity index is 1.67. The minimum atomic E-state index is 0.662. The standard InChI is InChI=1S/C16H20N2O/c1-13-16(12-19-17-13)11-18-9-5-8-15(10-18)14-6-3-2-4-7-14/h2-4,6-7,12,15H,5,8-11H2,1H3. The topological polar surface area (TPSA) is 29.3 Å². The zero-order valence-electron chi connectivity index (χ0n) is 11.4. The Morgan fingerprint density at radius 2 is 2.16 bits per heavy atom. The summed E-state index contributed by atoms with van der Waals surface area (Å²) in [6.45, 7) is 5.28. The Morgan fingerprint density at radius 3 is 2.89 bits per heavy atom. The first-order valence-corrected chi connectivity index (χ1v) is 7.00. The highest BCUT2D eigenvalue weighted by Crippen LogP contribution is 2.27. The van der Waals surface area contributed by atoms with Crippen LogP contribution < -0.4 is 0 Å². The van der Waals surface area contributed by atoms with Crippen molar-refractivity contribution in [3.63, 3.8) is 0 Å². The van der Waals surface area contributed by atoms with E-state index in [9.17, 15) is 0 Å². The third-order valence-corrected chi connectivity index (χ3v) is 4.02. The van der Waals surface area contributed by atoms with Crippen molar-refractivity contribution < 1.29 is 4.52 Å². The molecule has 3 nitrogen and oxygen atoms in total. The fourth-order valence-electron chi connectivity index (χ4n) is 2.90. The van der Waals surface area contributed by atoms with E-state index in [1.807, 2.05) is 6.92 Å².